The van der Waals surface area contributed by atoms with Gasteiger partial charge in [0.05, 0.1) is 9.90 Å². The number of rotatable bonds is 6. The summed E-state index contributed by atoms with van der Waals surface area (Å²) in [6.45, 7) is 1.50. The average Bonchev–Trinajstić information content (AvgIpc) is 2.89. The van der Waals surface area contributed by atoms with Gasteiger partial charge in [-0.1, -0.05) is 6.07 Å². The van der Waals surface area contributed by atoms with E-state index in [4.69, 9.17) is 4.55 Å². The molecule has 20 heavy (non-hydrogen) atoms. The largest absolute Gasteiger partial charge is 0.295 e. The van der Waals surface area contributed by atoms with Crippen molar-refractivity contribution in [2.75, 3.05) is 4.72 Å². The van der Waals surface area contributed by atoms with Crippen molar-refractivity contribution >= 4 is 45.8 Å². The van der Waals surface area contributed by atoms with Crippen LogP contribution in [0.15, 0.2) is 39.9 Å². The van der Waals surface area contributed by atoms with Crippen molar-refractivity contribution in [1.29, 1.82) is 0 Å². The van der Waals surface area contributed by atoms with Gasteiger partial charge in [0, 0.05) is 11.3 Å². The van der Waals surface area contributed by atoms with Crippen LogP contribution in [0.25, 0.3) is 0 Å². The molecule has 0 aliphatic carbocycles. The van der Waals surface area contributed by atoms with Crippen molar-refractivity contribution in [2.24, 2.45) is 0 Å². The molecular formula is C13H13NO3S3. The average molecular weight is 327 g/mol. The fraction of sp³-hybridized carbons (Fsp3) is 0.154. The van der Waals surface area contributed by atoms with Crippen LogP contribution in [0.5, 0.6) is 0 Å². The van der Waals surface area contributed by atoms with Crippen LogP contribution in [-0.4, -0.2) is 14.5 Å². The lowest BCUT2D eigenvalue weighted by atomic mass is 10.1. The molecule has 0 amide bonds. The number of thioether (sulfide) groups is 1. The van der Waals surface area contributed by atoms with Gasteiger partial charge in [-0.15, -0.1) is 23.1 Å². The second-order valence-electron chi connectivity index (χ2n) is 4.00. The molecule has 1 aromatic carbocycles. The molecule has 1 aromatic heterocycles. The van der Waals surface area contributed by atoms with Gasteiger partial charge in [0.15, 0.2) is 5.78 Å². The van der Waals surface area contributed by atoms with E-state index in [0.29, 0.717) is 17.0 Å². The smallest absolute Gasteiger partial charge is 0.259 e. The number of carbonyl (C=O) groups excluding carboxylic acids is 1. The summed E-state index contributed by atoms with van der Waals surface area (Å²) in [5.41, 5.74) is 2.00. The van der Waals surface area contributed by atoms with E-state index in [2.05, 4.69) is 4.72 Å². The zero-order valence-electron chi connectivity index (χ0n) is 10.7. The Morgan fingerprint density at radius 3 is 2.85 bits per heavy atom. The van der Waals surface area contributed by atoms with Crippen LogP contribution in [-0.2, 0) is 17.0 Å². The summed E-state index contributed by atoms with van der Waals surface area (Å²) in [6, 6.07) is 9.06. The van der Waals surface area contributed by atoms with Crippen molar-refractivity contribution in [3.8, 4) is 0 Å². The molecule has 2 N–H and O–H groups in total. The first-order valence-electron chi connectivity index (χ1n) is 5.74. The van der Waals surface area contributed by atoms with Crippen molar-refractivity contribution in [3.63, 3.8) is 0 Å². The lowest BCUT2D eigenvalue weighted by Gasteiger charge is -2.10. The number of ketones is 1. The van der Waals surface area contributed by atoms with Gasteiger partial charge < -0.3 is 0 Å². The number of carbonyl (C=O) groups is 1. The molecule has 0 saturated heterocycles. The van der Waals surface area contributed by atoms with Gasteiger partial charge in [-0.25, -0.2) is 4.21 Å². The maximum absolute atomic E-state index is 11.4. The predicted octanol–water partition coefficient (Wildman–Crippen LogP) is 3.79. The molecule has 0 saturated carbocycles. The normalized spacial score (nSPS) is 12.1. The van der Waals surface area contributed by atoms with E-state index < -0.39 is 11.3 Å². The Morgan fingerprint density at radius 2 is 2.25 bits per heavy atom. The minimum Gasteiger partial charge on any atom is -0.295 e. The molecular weight excluding hydrogens is 314 g/mol. The number of thiophene rings is 1. The van der Waals surface area contributed by atoms with Crippen LogP contribution in [0.1, 0.15) is 22.8 Å². The third-order valence-corrected chi connectivity index (χ3v) is 5.15. The van der Waals surface area contributed by atoms with Gasteiger partial charge in [0.1, 0.15) is 0 Å². The predicted molar refractivity (Wildman–Crippen MR) is 84.7 cm³/mol. The first-order chi connectivity index (χ1) is 9.56. The highest BCUT2D eigenvalue weighted by Gasteiger charge is 2.09. The first kappa shape index (κ1) is 15.2. The standard InChI is InChI=1S/C13H13NO3S3/c1-9(15)10-4-5-12(14-20(16)17)11(7-10)8-19-13-3-2-6-18-13/h2-7,14H,8H2,1H3,(H,16,17). The van der Waals surface area contributed by atoms with Crippen LogP contribution in [0, 0.1) is 0 Å². The highest BCUT2D eigenvalue weighted by Crippen LogP contribution is 2.30. The van der Waals surface area contributed by atoms with Gasteiger partial charge in [-0.05, 0) is 42.1 Å². The van der Waals surface area contributed by atoms with E-state index >= 15 is 0 Å². The maximum atomic E-state index is 11.4. The fourth-order valence-corrected chi connectivity index (χ4v) is 3.78. The monoisotopic (exact) mass is 327 g/mol. The second kappa shape index (κ2) is 7.03. The summed E-state index contributed by atoms with van der Waals surface area (Å²) in [4.78, 5) is 11.4. The van der Waals surface area contributed by atoms with Gasteiger partial charge in [0.2, 0.25) is 0 Å². The second-order valence-corrected chi connectivity index (χ2v) is 6.93. The number of hydrogen-bond acceptors (Lipinski definition) is 4. The topological polar surface area (TPSA) is 66.4 Å². The van der Waals surface area contributed by atoms with Crippen LogP contribution in [0.3, 0.4) is 0 Å². The van der Waals surface area contributed by atoms with Crippen LogP contribution >= 0.6 is 23.1 Å². The van der Waals surface area contributed by atoms with E-state index in [9.17, 15) is 9.00 Å². The fourth-order valence-electron chi connectivity index (χ4n) is 1.62. The number of anilines is 1. The molecule has 0 aliphatic rings. The Bertz CT molecular complexity index is 626. The number of benzene rings is 1. The zero-order chi connectivity index (χ0) is 14.5. The molecule has 2 aromatic rings. The Kier molecular flexibility index (Phi) is 5.36. The van der Waals surface area contributed by atoms with Crippen molar-refractivity contribution in [2.45, 2.75) is 16.9 Å². The van der Waals surface area contributed by atoms with Gasteiger partial charge >= 0.3 is 0 Å². The van der Waals surface area contributed by atoms with Gasteiger partial charge in [-0.3, -0.25) is 14.1 Å². The van der Waals surface area contributed by atoms with Crippen LogP contribution in [0.4, 0.5) is 5.69 Å². The molecule has 0 aliphatic heterocycles. The van der Waals surface area contributed by atoms with Gasteiger partial charge in [-0.2, -0.15) is 0 Å². The summed E-state index contributed by atoms with van der Waals surface area (Å²) < 4.78 is 23.5. The lowest BCUT2D eigenvalue weighted by Crippen LogP contribution is -2.05. The van der Waals surface area contributed by atoms with E-state index in [-0.39, 0.29) is 5.78 Å². The lowest BCUT2D eigenvalue weighted by molar-refractivity contribution is 0.101. The highest BCUT2D eigenvalue weighted by atomic mass is 32.2. The Morgan fingerprint density at radius 1 is 1.45 bits per heavy atom. The van der Waals surface area contributed by atoms with E-state index in [1.54, 1.807) is 41.3 Å². The Hall–Kier alpha value is -1.15. The molecule has 1 atom stereocenters. The summed E-state index contributed by atoms with van der Waals surface area (Å²) >= 11 is 1.14. The highest BCUT2D eigenvalue weighted by molar-refractivity contribution is 8.00. The SMILES string of the molecule is CC(=O)c1ccc(NS(=O)O)c(CSc2cccs2)c1. The minimum absolute atomic E-state index is 0.0240. The third-order valence-electron chi connectivity index (χ3n) is 2.57. The maximum Gasteiger partial charge on any atom is 0.259 e. The van der Waals surface area contributed by atoms with Gasteiger partial charge in [0.25, 0.3) is 11.3 Å². The quantitative estimate of drug-likeness (QED) is 0.481. The van der Waals surface area contributed by atoms with E-state index in [1.165, 1.54) is 6.92 Å². The van der Waals surface area contributed by atoms with Crippen LogP contribution in [0.2, 0.25) is 0 Å². The molecule has 0 fully saturated rings. The number of nitrogens with one attached hydrogen (secondary N) is 1. The Balaban J connectivity index is 2.23. The van der Waals surface area contributed by atoms with E-state index in [1.807, 2.05) is 17.5 Å². The Labute approximate surface area is 128 Å². The molecule has 2 rings (SSSR count). The molecule has 7 heteroatoms. The summed E-state index contributed by atoms with van der Waals surface area (Å²) in [6.07, 6.45) is 0. The molecule has 0 spiro atoms. The molecule has 106 valence electrons. The van der Waals surface area contributed by atoms with Crippen molar-refractivity contribution in [3.05, 3.63) is 46.8 Å². The van der Waals surface area contributed by atoms with Crippen molar-refractivity contribution < 1.29 is 13.6 Å². The summed E-state index contributed by atoms with van der Waals surface area (Å²) in [5.74, 6) is 0.602. The summed E-state index contributed by atoms with van der Waals surface area (Å²) in [5, 5.41) is 2.00. The number of Topliss-reactive ketones (excluding diaryl/α,β-unsaturated/α-hetero) is 1. The van der Waals surface area contributed by atoms with Crippen LogP contribution < -0.4 is 4.72 Å². The minimum atomic E-state index is -2.13. The van der Waals surface area contributed by atoms with Crippen molar-refractivity contribution in [1.82, 2.24) is 0 Å². The zero-order valence-corrected chi connectivity index (χ0v) is 13.1. The third kappa shape index (κ3) is 4.17. The molecule has 4 nitrogen and oxygen atoms in total. The number of hydrogen-bond donors (Lipinski definition) is 2. The molecule has 1 heterocycles. The van der Waals surface area contributed by atoms with E-state index in [0.717, 1.165) is 9.77 Å². The molecule has 1 unspecified atom stereocenters. The molecule has 0 radical (unpaired) electrons. The first-order valence-corrected chi connectivity index (χ1v) is 8.71. The summed E-state index contributed by atoms with van der Waals surface area (Å²) in [7, 11) is 0. The molecule has 0 bridgehead atoms.